The summed E-state index contributed by atoms with van der Waals surface area (Å²) in [5.74, 6) is -0.659. The highest BCUT2D eigenvalue weighted by Gasteiger charge is 1.96. The maximum absolute atomic E-state index is 10.2. The number of carboxylic acid groups (broad SMARTS) is 1. The van der Waals surface area contributed by atoms with Crippen molar-refractivity contribution < 1.29 is 14.6 Å². The van der Waals surface area contributed by atoms with Crippen LogP contribution < -0.4 is 0 Å². The van der Waals surface area contributed by atoms with E-state index in [0.717, 1.165) is 25.7 Å². The molecule has 3 heteroatoms. The number of carbonyl (C=O) groups is 1. The zero-order valence-corrected chi connectivity index (χ0v) is 25.5. The van der Waals surface area contributed by atoms with Crippen molar-refractivity contribution in [3.63, 3.8) is 0 Å². The Morgan fingerprint density at radius 1 is 0.486 bits per heavy atom. The molecule has 0 amide bonds. The number of hydrogen-bond donors (Lipinski definition) is 1. The van der Waals surface area contributed by atoms with Crippen LogP contribution in [0.3, 0.4) is 0 Å². The van der Waals surface area contributed by atoms with Crippen LogP contribution >= 0.6 is 0 Å². The van der Waals surface area contributed by atoms with Crippen LogP contribution in [0.5, 0.6) is 0 Å². The minimum Gasteiger partial charge on any atom is -0.481 e. The van der Waals surface area contributed by atoms with Gasteiger partial charge in [0.05, 0.1) is 12.5 Å². The number of hydrogen-bond acceptors (Lipinski definition) is 2. The van der Waals surface area contributed by atoms with Crippen molar-refractivity contribution in [3.05, 3.63) is 24.7 Å². The van der Waals surface area contributed by atoms with Gasteiger partial charge in [-0.1, -0.05) is 149 Å². The predicted octanol–water partition coefficient (Wildman–Crippen LogP) is 12.3. The molecular formula is C34H66O3. The van der Waals surface area contributed by atoms with E-state index in [9.17, 15) is 4.79 Å². The molecular weight excluding hydrogens is 456 g/mol. The van der Waals surface area contributed by atoms with E-state index < -0.39 is 5.97 Å². The quantitative estimate of drug-likeness (QED) is 0.0820. The summed E-state index contributed by atoms with van der Waals surface area (Å²) in [7, 11) is 0. The van der Waals surface area contributed by atoms with E-state index in [-0.39, 0.29) is 0 Å². The molecule has 0 aromatic carbocycles. The van der Waals surface area contributed by atoms with Gasteiger partial charge < -0.3 is 9.84 Å². The van der Waals surface area contributed by atoms with Gasteiger partial charge >= 0.3 is 5.97 Å². The standard InChI is InChI=1S/C22H42O.C12H24O2/c1-3-5-7-9-11-13-15-17-19-21-23-22-20-18-16-14-12-10-8-6-4-2;1-2-3-4-5-6-7-8-9-10-11-12(13)14/h19-22H,3-18H2,1-2H3;2-11H2,1H3,(H,13,14). The van der Waals surface area contributed by atoms with Gasteiger partial charge in [0, 0.05) is 6.42 Å². The number of rotatable bonds is 28. The van der Waals surface area contributed by atoms with Crippen molar-refractivity contribution in [1.29, 1.82) is 0 Å². The molecule has 0 aromatic rings. The summed E-state index contributed by atoms with van der Waals surface area (Å²) in [4.78, 5) is 10.2. The molecule has 0 fully saturated rings. The molecule has 0 heterocycles. The summed E-state index contributed by atoms with van der Waals surface area (Å²) in [5.41, 5.74) is 0. The maximum Gasteiger partial charge on any atom is 0.303 e. The van der Waals surface area contributed by atoms with Gasteiger partial charge in [0.25, 0.3) is 0 Å². The van der Waals surface area contributed by atoms with Crippen molar-refractivity contribution in [2.24, 2.45) is 0 Å². The molecule has 0 bridgehead atoms. The molecule has 0 saturated heterocycles. The normalized spacial score (nSPS) is 11.2. The second-order valence-corrected chi connectivity index (χ2v) is 10.7. The molecule has 220 valence electrons. The predicted molar refractivity (Wildman–Crippen MR) is 164 cm³/mol. The zero-order chi connectivity index (χ0) is 27.5. The number of unbranched alkanes of at least 4 members (excludes halogenated alkanes) is 22. The number of aliphatic carboxylic acids is 1. The van der Waals surface area contributed by atoms with Crippen LogP contribution in [0.2, 0.25) is 0 Å². The fourth-order valence-electron chi connectivity index (χ4n) is 4.32. The number of ether oxygens (including phenoxy) is 1. The fraction of sp³-hybridized carbons (Fsp3) is 0.853. The average molecular weight is 523 g/mol. The van der Waals surface area contributed by atoms with Gasteiger partial charge in [0.1, 0.15) is 0 Å². The molecule has 0 rings (SSSR count). The number of allylic oxidation sites excluding steroid dienone is 2. The van der Waals surface area contributed by atoms with Crippen LogP contribution in [0.25, 0.3) is 0 Å². The van der Waals surface area contributed by atoms with Gasteiger partial charge in [0.15, 0.2) is 0 Å². The second kappa shape index (κ2) is 36.9. The maximum atomic E-state index is 10.2. The minimum atomic E-state index is -0.659. The Kier molecular flexibility index (Phi) is 37.8. The topological polar surface area (TPSA) is 46.5 Å². The zero-order valence-electron chi connectivity index (χ0n) is 25.5. The first-order chi connectivity index (χ1) is 18.2. The molecule has 0 saturated carbocycles. The first kappa shape index (κ1) is 37.9. The van der Waals surface area contributed by atoms with E-state index in [1.807, 2.05) is 12.5 Å². The molecule has 3 nitrogen and oxygen atoms in total. The van der Waals surface area contributed by atoms with Crippen molar-refractivity contribution in [2.75, 3.05) is 0 Å². The third-order valence-corrected chi connectivity index (χ3v) is 6.79. The highest BCUT2D eigenvalue weighted by Crippen LogP contribution is 2.11. The van der Waals surface area contributed by atoms with Gasteiger partial charge in [-0.05, 0) is 44.3 Å². The lowest BCUT2D eigenvalue weighted by Crippen LogP contribution is -1.93. The molecule has 0 aromatic heterocycles. The van der Waals surface area contributed by atoms with Gasteiger partial charge in [-0.2, -0.15) is 0 Å². The first-order valence-corrected chi connectivity index (χ1v) is 16.4. The molecule has 0 aliphatic rings. The Morgan fingerprint density at radius 2 is 0.784 bits per heavy atom. The molecule has 0 aliphatic heterocycles. The molecule has 0 unspecified atom stereocenters. The molecule has 0 atom stereocenters. The van der Waals surface area contributed by atoms with E-state index in [1.54, 1.807) is 0 Å². The van der Waals surface area contributed by atoms with E-state index in [1.165, 1.54) is 135 Å². The van der Waals surface area contributed by atoms with Gasteiger partial charge in [-0.25, -0.2) is 0 Å². The third-order valence-electron chi connectivity index (χ3n) is 6.79. The van der Waals surface area contributed by atoms with Crippen molar-refractivity contribution in [3.8, 4) is 0 Å². The van der Waals surface area contributed by atoms with Gasteiger partial charge in [0.2, 0.25) is 0 Å². The molecule has 0 spiro atoms. The Hall–Kier alpha value is -1.25. The van der Waals surface area contributed by atoms with Crippen LogP contribution in [0.15, 0.2) is 24.7 Å². The second-order valence-electron chi connectivity index (χ2n) is 10.7. The Bertz CT molecular complexity index is 444. The molecule has 1 N–H and O–H groups in total. The highest BCUT2D eigenvalue weighted by molar-refractivity contribution is 5.66. The van der Waals surface area contributed by atoms with E-state index >= 15 is 0 Å². The fourth-order valence-corrected chi connectivity index (χ4v) is 4.32. The van der Waals surface area contributed by atoms with Crippen molar-refractivity contribution >= 4 is 5.97 Å². The Labute approximate surface area is 232 Å². The summed E-state index contributed by atoms with van der Waals surface area (Å²) < 4.78 is 5.39. The van der Waals surface area contributed by atoms with Gasteiger partial charge in [-0.3, -0.25) is 4.79 Å². The smallest absolute Gasteiger partial charge is 0.303 e. The van der Waals surface area contributed by atoms with Crippen LogP contribution in [-0.2, 0) is 9.53 Å². The van der Waals surface area contributed by atoms with Gasteiger partial charge in [-0.15, -0.1) is 0 Å². The van der Waals surface area contributed by atoms with Crippen LogP contribution in [-0.4, -0.2) is 11.1 Å². The van der Waals surface area contributed by atoms with Crippen molar-refractivity contribution in [2.45, 2.75) is 188 Å². The van der Waals surface area contributed by atoms with Crippen LogP contribution in [0.1, 0.15) is 188 Å². The van der Waals surface area contributed by atoms with Crippen molar-refractivity contribution in [1.82, 2.24) is 0 Å². The Morgan fingerprint density at radius 3 is 1.11 bits per heavy atom. The van der Waals surface area contributed by atoms with Crippen LogP contribution in [0, 0.1) is 0 Å². The average Bonchev–Trinajstić information content (AvgIpc) is 2.89. The lowest BCUT2D eigenvalue weighted by Gasteiger charge is -2.00. The minimum absolute atomic E-state index is 0.343. The van der Waals surface area contributed by atoms with E-state index in [0.29, 0.717) is 6.42 Å². The molecule has 37 heavy (non-hydrogen) atoms. The number of carboxylic acids is 1. The Balaban J connectivity index is 0. The van der Waals surface area contributed by atoms with E-state index in [4.69, 9.17) is 9.84 Å². The summed E-state index contributed by atoms with van der Waals surface area (Å²) >= 11 is 0. The monoisotopic (exact) mass is 523 g/mol. The lowest BCUT2D eigenvalue weighted by molar-refractivity contribution is -0.137. The molecule has 0 radical (unpaired) electrons. The lowest BCUT2D eigenvalue weighted by atomic mass is 10.1. The third kappa shape index (κ3) is 42.1. The van der Waals surface area contributed by atoms with E-state index in [2.05, 4.69) is 32.9 Å². The SMILES string of the molecule is CCCCCCCCCC=COC=CCCCCCCCCC.CCCCCCCCCCCC(=O)O. The summed E-state index contributed by atoms with van der Waals surface area (Å²) in [6.45, 7) is 6.77. The summed E-state index contributed by atoms with van der Waals surface area (Å²) in [6, 6.07) is 0. The largest absolute Gasteiger partial charge is 0.481 e. The first-order valence-electron chi connectivity index (χ1n) is 16.4. The summed E-state index contributed by atoms with van der Waals surface area (Å²) in [5, 5.41) is 8.41. The molecule has 0 aliphatic carbocycles. The summed E-state index contributed by atoms with van der Waals surface area (Å²) in [6.07, 6.45) is 41.0. The van der Waals surface area contributed by atoms with Crippen LogP contribution in [0.4, 0.5) is 0 Å². The highest BCUT2D eigenvalue weighted by atomic mass is 16.5.